The number of nitrogens with zero attached hydrogens (tertiary/aromatic N) is 3. The van der Waals surface area contributed by atoms with Crippen molar-refractivity contribution in [1.29, 1.82) is 5.41 Å². The number of imidazole rings is 1. The van der Waals surface area contributed by atoms with Gasteiger partial charge in [-0.15, -0.1) is 23.1 Å². The Morgan fingerprint density at radius 2 is 1.16 bits per heavy atom. The summed E-state index contributed by atoms with van der Waals surface area (Å²) in [6, 6.07) is -22.9. The fourth-order valence-corrected chi connectivity index (χ4v) is 17.5. The molecule has 0 unspecified atom stereocenters. The zero-order chi connectivity index (χ0) is 101. The lowest BCUT2D eigenvalue weighted by Crippen LogP contribution is -2.62. The molecule has 5 rings (SSSR count). The van der Waals surface area contributed by atoms with Gasteiger partial charge in [0.2, 0.25) is 106 Å². The molecule has 51 heteroatoms. The number of thioether (sulfide) groups is 2. The second-order valence-corrected chi connectivity index (χ2v) is 37.2. The Morgan fingerprint density at radius 3 is 1.71 bits per heavy atom. The number of rotatable bonds is 42. The SMILES string of the molecule is CC[C@H](C)[C@@H]1NC(=O)[C@H](CCC(=O)O)NC(=O)[C@@H]2CCCN2C(=O)[C@H](CC(N)=O)NC(=O)[C@H](CCC(=O)O)NC(=O)[C@@H](NC(C)=O)CSc2c3sccc3cn2CCCC[C@@H](C(=O)N[C@@H](Cc2cnc[nH]2)C(=O)N[C@H](C(=O)N[C@@H](CCC(N)=O)C(=O)N[C@@H](CCCNC(=N)N)C(=O)N[C@H](C(=O)N[C@@H](CCSC)C(N)=O)C(C)C)C(C)C)NC(=O)[C@H](CC(=O)O)NC(=O)[C@H](CC(C)C)NC1=O. The Bertz CT molecular complexity index is 4700. The van der Waals surface area contributed by atoms with E-state index in [0.29, 0.717) is 20.9 Å². The number of hydrogen-bond donors (Lipinski definition) is 24. The quantitative estimate of drug-likeness (QED) is 0.0146. The summed E-state index contributed by atoms with van der Waals surface area (Å²) < 4.78 is 2.45. The summed E-state index contributed by atoms with van der Waals surface area (Å²) in [4.78, 5) is 302. The number of aryl methyl sites for hydroxylation is 1. The lowest BCUT2D eigenvalue weighted by molar-refractivity contribution is -0.144. The molecule has 18 amide bonds. The van der Waals surface area contributed by atoms with E-state index in [1.807, 2.05) is 0 Å². The number of hydrogen-bond acceptors (Lipinski definition) is 26. The third-order valence-corrected chi connectivity index (χ3v) is 25.1. The molecular weight excluding hydrogens is 1830 g/mol. The molecule has 0 bridgehead atoms. The first-order valence-corrected chi connectivity index (χ1v) is 47.7. The first-order chi connectivity index (χ1) is 63.6. The van der Waals surface area contributed by atoms with Gasteiger partial charge < -0.3 is 132 Å². The molecule has 28 N–H and O–H groups in total. The summed E-state index contributed by atoms with van der Waals surface area (Å²) in [5.41, 5.74) is 22.5. The highest BCUT2D eigenvalue weighted by Crippen LogP contribution is 2.35. The number of carboxylic acid groups (broad SMARTS) is 3. The molecule has 0 spiro atoms. The van der Waals surface area contributed by atoms with E-state index < -0.39 is 302 Å². The number of carboxylic acids is 3. The molecule has 3 aromatic rings. The van der Waals surface area contributed by atoms with E-state index in [9.17, 15) is 102 Å². The smallest absolute Gasteiger partial charge is 0.305 e. The van der Waals surface area contributed by atoms with Crippen LogP contribution in [0, 0.1) is 29.1 Å². The summed E-state index contributed by atoms with van der Waals surface area (Å²) >= 11 is 3.73. The van der Waals surface area contributed by atoms with Gasteiger partial charge in [-0.2, -0.15) is 11.8 Å². The average molecular weight is 1960 g/mol. The number of nitrogens with two attached hydrogens (primary N) is 4. The number of primary amides is 3. The minimum Gasteiger partial charge on any atom is -0.481 e. The van der Waals surface area contributed by atoms with Crippen molar-refractivity contribution in [3.05, 3.63) is 35.9 Å². The van der Waals surface area contributed by atoms with Gasteiger partial charge in [-0.05, 0) is 124 Å². The molecule has 748 valence electrons. The maximum atomic E-state index is 15.5. The monoisotopic (exact) mass is 1950 g/mol. The van der Waals surface area contributed by atoms with Gasteiger partial charge >= 0.3 is 17.9 Å². The van der Waals surface area contributed by atoms with Crippen molar-refractivity contribution in [1.82, 2.24) is 99.2 Å². The van der Waals surface area contributed by atoms with Gasteiger partial charge in [0, 0.05) is 81.5 Å². The van der Waals surface area contributed by atoms with E-state index in [4.69, 9.17) is 28.3 Å². The number of carbonyl (C=O) groups excluding carboxylic acids is 18. The molecule has 1 fully saturated rings. The molecule has 0 radical (unpaired) electrons. The van der Waals surface area contributed by atoms with Crippen LogP contribution in [0.15, 0.2) is 35.2 Å². The molecule has 2 aliphatic rings. The van der Waals surface area contributed by atoms with Gasteiger partial charge in [0.05, 0.1) is 28.9 Å². The predicted molar refractivity (Wildman–Crippen MR) is 492 cm³/mol. The highest BCUT2D eigenvalue weighted by Gasteiger charge is 2.44. The maximum absolute atomic E-state index is 15.5. The second-order valence-electron chi connectivity index (χ2n) is 34.2. The molecule has 2 aliphatic heterocycles. The Hall–Kier alpha value is -12.7. The Balaban J connectivity index is 1.62. The molecule has 0 aliphatic carbocycles. The molecule has 135 heavy (non-hydrogen) atoms. The second kappa shape index (κ2) is 55.8. The molecule has 16 atom stereocenters. The Labute approximate surface area is 791 Å². The Kier molecular flexibility index (Phi) is 46.7. The number of thiophene rings is 1. The number of fused-ring (bicyclic) bond motifs is 4. The number of aromatic amines is 1. The van der Waals surface area contributed by atoms with E-state index >= 15 is 14.4 Å². The minimum absolute atomic E-state index is 0.00550. The van der Waals surface area contributed by atoms with Crippen molar-refractivity contribution in [2.75, 3.05) is 30.9 Å². The van der Waals surface area contributed by atoms with Crippen LogP contribution in [-0.2, 0) is 114 Å². The number of nitrogens with one attached hydrogen (secondary N) is 17. The van der Waals surface area contributed by atoms with Crippen LogP contribution in [0.2, 0.25) is 0 Å². The van der Waals surface area contributed by atoms with Crippen molar-refractivity contribution < 1.29 is 116 Å². The topological polar surface area (TPSA) is 764 Å². The molecule has 1 saturated heterocycles. The fraction of sp³-hybridized carbons (Fsp3) is 0.631. The number of guanidine groups is 1. The standard InChI is InChI=1S/C84H130N24O24S3/c1-11-43(8)66-81(131)102-53(32-40(2)3)74(124)101-55(35-63(116)117)75(125)96-48(69(119)100-54(33-46-36-90-39-92-46)76(126)105-65(42(6)7)80(130)99-50(19-22-59(85)110)70(120)95-49(17-14-27-91-84(88)89)72(122)104-64(41(4)5)79(129)94-47(68(87)118)26-30-133-10)16-12-13-28-107-37-45-25-31-134-67(45)83(107)135-38-57(93-44(9)109)77(127)97-51(20-23-61(112)113)71(121)103-56(34-60(86)111)82(132)108-29-15-18-58(108)78(128)98-52(73(123)106-66)21-24-62(114)115/h25,31,36-37,39-43,47-58,64-66H,11-24,26-30,32-35,38H2,1-10H3,(H2,85,110)(H2,86,111)(H2,87,118)(H,90,92)(H,93,109)(H,94,129)(H,95,120)(H,96,125)(H,97,127)(H,98,128)(H,99,130)(H,100,119)(H,101,124)(H,102,131)(H,103,121)(H,104,122)(H,105,126)(H,106,123)(H,112,113)(H,114,115)(H,116,117)(H4,88,89,91)/t43-,47-,48-,49-,50-,51-,52-,53-,54-,55-,56-,57-,58-,64-,65-,66-/m0/s1. The summed E-state index contributed by atoms with van der Waals surface area (Å²) in [6.07, 6.45) is -0.625. The van der Waals surface area contributed by atoms with Crippen LogP contribution in [-0.4, -0.2) is 286 Å². The summed E-state index contributed by atoms with van der Waals surface area (Å²) in [7, 11) is 0. The van der Waals surface area contributed by atoms with Gasteiger partial charge in [-0.1, -0.05) is 61.8 Å². The first-order valence-electron chi connectivity index (χ1n) is 44.4. The van der Waals surface area contributed by atoms with Crippen LogP contribution in [0.1, 0.15) is 184 Å². The van der Waals surface area contributed by atoms with Crippen LogP contribution in [0.25, 0.3) is 10.1 Å². The maximum Gasteiger partial charge on any atom is 0.305 e. The van der Waals surface area contributed by atoms with Crippen LogP contribution in [0.3, 0.4) is 0 Å². The predicted octanol–water partition coefficient (Wildman–Crippen LogP) is -4.01. The van der Waals surface area contributed by atoms with E-state index in [-0.39, 0.29) is 95.3 Å². The number of H-pyrrole nitrogens is 1. The van der Waals surface area contributed by atoms with Crippen molar-refractivity contribution in [2.24, 2.45) is 46.6 Å². The summed E-state index contributed by atoms with van der Waals surface area (Å²) in [5, 5.41) is 78.9. The Morgan fingerprint density at radius 1 is 0.593 bits per heavy atom. The normalized spacial score (nSPS) is 21.1. The summed E-state index contributed by atoms with van der Waals surface area (Å²) in [5.74, 6) is -26.3. The number of aromatic nitrogens is 3. The molecule has 0 aromatic carbocycles. The third-order valence-electron chi connectivity index (χ3n) is 22.2. The first kappa shape index (κ1) is 113. The van der Waals surface area contributed by atoms with Crippen LogP contribution in [0.5, 0.6) is 0 Å². The third kappa shape index (κ3) is 37.6. The molecule has 5 heterocycles. The van der Waals surface area contributed by atoms with Crippen LogP contribution >= 0.6 is 34.9 Å². The fourth-order valence-electron chi connectivity index (χ4n) is 14.7. The van der Waals surface area contributed by atoms with Gasteiger partial charge in [0.1, 0.15) is 90.6 Å². The van der Waals surface area contributed by atoms with Crippen molar-refractivity contribution in [2.45, 2.75) is 287 Å². The van der Waals surface area contributed by atoms with E-state index in [1.54, 1.807) is 63.1 Å². The summed E-state index contributed by atoms with van der Waals surface area (Å²) in [6.45, 7) is 13.7. The average Bonchev–Trinajstić information content (AvgIpc) is 1.65. The van der Waals surface area contributed by atoms with Gasteiger partial charge in [-0.3, -0.25) is 106 Å². The zero-order valence-electron chi connectivity index (χ0n) is 77.1. The van der Waals surface area contributed by atoms with E-state index in [2.05, 4.69) is 89.7 Å². The van der Waals surface area contributed by atoms with Gasteiger partial charge in [0.15, 0.2) is 5.96 Å². The lowest BCUT2D eigenvalue weighted by atomic mass is 9.96. The van der Waals surface area contributed by atoms with Crippen molar-refractivity contribution in [3.63, 3.8) is 0 Å². The number of amides is 18. The highest BCUT2D eigenvalue weighted by atomic mass is 32.2. The van der Waals surface area contributed by atoms with Crippen molar-refractivity contribution >= 4 is 175 Å². The lowest BCUT2D eigenvalue weighted by Gasteiger charge is -2.31. The van der Waals surface area contributed by atoms with E-state index in [0.717, 1.165) is 23.6 Å². The number of carbonyl (C=O) groups is 21. The van der Waals surface area contributed by atoms with Crippen molar-refractivity contribution in [3.8, 4) is 0 Å². The van der Waals surface area contributed by atoms with Crippen LogP contribution < -0.4 is 103 Å². The van der Waals surface area contributed by atoms with E-state index in [1.165, 1.54) is 56.4 Å². The molecular formula is C84H130N24O24S3. The molecule has 0 saturated carbocycles. The highest BCUT2D eigenvalue weighted by molar-refractivity contribution is 7.99. The zero-order valence-corrected chi connectivity index (χ0v) is 79.6. The van der Waals surface area contributed by atoms with Crippen LogP contribution in [0.4, 0.5) is 0 Å². The molecule has 48 nitrogen and oxygen atoms in total. The molecule has 3 aromatic heterocycles. The van der Waals surface area contributed by atoms with Gasteiger partial charge in [0.25, 0.3) is 0 Å². The number of aliphatic carboxylic acids is 3. The van der Waals surface area contributed by atoms with Gasteiger partial charge in [-0.25, -0.2) is 4.98 Å². The minimum atomic E-state index is -2.09. The largest absolute Gasteiger partial charge is 0.481 e.